The zero-order valence-corrected chi connectivity index (χ0v) is 5.82. The lowest BCUT2D eigenvalue weighted by atomic mass is 9.87. The topological polar surface area (TPSA) is 37.3 Å². The molecule has 0 fully saturated rings. The second-order valence-corrected chi connectivity index (χ2v) is 2.63. The van der Waals surface area contributed by atoms with E-state index in [4.69, 9.17) is 0 Å². The van der Waals surface area contributed by atoms with Gasteiger partial charge in [0.15, 0.2) is 0 Å². The molecule has 2 atom stereocenters. The van der Waals surface area contributed by atoms with Crippen LogP contribution in [0.3, 0.4) is 0 Å². The van der Waals surface area contributed by atoms with Crippen LogP contribution >= 0.6 is 0 Å². The van der Waals surface area contributed by atoms with Gasteiger partial charge in [0.1, 0.15) is 6.29 Å². The second kappa shape index (κ2) is 2.39. The molecule has 0 spiro atoms. The maximum atomic E-state index is 10.3. The van der Waals surface area contributed by atoms with E-state index in [1.165, 1.54) is 0 Å². The van der Waals surface area contributed by atoms with E-state index < -0.39 is 11.5 Å². The SMILES string of the molecule is CC1(O)C=CC=CC1C=O. The summed E-state index contributed by atoms with van der Waals surface area (Å²) in [5, 5.41) is 9.46. The molecule has 10 heavy (non-hydrogen) atoms. The fraction of sp³-hybridized carbons (Fsp3) is 0.375. The summed E-state index contributed by atoms with van der Waals surface area (Å²) in [6.45, 7) is 1.62. The van der Waals surface area contributed by atoms with Crippen LogP contribution in [0.2, 0.25) is 0 Å². The molecule has 0 radical (unpaired) electrons. The van der Waals surface area contributed by atoms with Crippen molar-refractivity contribution in [3.8, 4) is 0 Å². The van der Waals surface area contributed by atoms with E-state index in [-0.39, 0.29) is 0 Å². The van der Waals surface area contributed by atoms with Crippen LogP contribution in [0.5, 0.6) is 0 Å². The van der Waals surface area contributed by atoms with Gasteiger partial charge in [-0.05, 0) is 6.92 Å². The van der Waals surface area contributed by atoms with Crippen molar-refractivity contribution < 1.29 is 9.90 Å². The van der Waals surface area contributed by atoms with Gasteiger partial charge in [0.2, 0.25) is 0 Å². The highest BCUT2D eigenvalue weighted by molar-refractivity contribution is 5.60. The van der Waals surface area contributed by atoms with Gasteiger partial charge < -0.3 is 9.90 Å². The van der Waals surface area contributed by atoms with Gasteiger partial charge in [-0.3, -0.25) is 0 Å². The highest BCUT2D eigenvalue weighted by Gasteiger charge is 2.27. The first-order chi connectivity index (χ1) is 4.67. The number of allylic oxidation sites excluding steroid dienone is 2. The van der Waals surface area contributed by atoms with Crippen LogP contribution in [0.4, 0.5) is 0 Å². The van der Waals surface area contributed by atoms with Gasteiger partial charge in [-0.2, -0.15) is 0 Å². The second-order valence-electron chi connectivity index (χ2n) is 2.63. The van der Waals surface area contributed by atoms with Crippen molar-refractivity contribution in [1.82, 2.24) is 0 Å². The number of hydrogen-bond donors (Lipinski definition) is 1. The molecule has 0 amide bonds. The van der Waals surface area contributed by atoms with E-state index in [2.05, 4.69) is 0 Å². The van der Waals surface area contributed by atoms with Crippen LogP contribution in [0.15, 0.2) is 24.3 Å². The van der Waals surface area contributed by atoms with Gasteiger partial charge in [-0.25, -0.2) is 0 Å². The Bertz CT molecular complexity index is 189. The van der Waals surface area contributed by atoms with Crippen LogP contribution in [-0.4, -0.2) is 17.0 Å². The number of aliphatic hydroxyl groups is 1. The van der Waals surface area contributed by atoms with Gasteiger partial charge in [0.05, 0.1) is 11.5 Å². The molecular weight excluding hydrogens is 128 g/mol. The summed E-state index contributed by atoms with van der Waals surface area (Å²) in [4.78, 5) is 10.3. The lowest BCUT2D eigenvalue weighted by molar-refractivity contribution is -0.114. The third-order valence-corrected chi connectivity index (χ3v) is 1.68. The third-order valence-electron chi connectivity index (χ3n) is 1.68. The van der Waals surface area contributed by atoms with Crippen LogP contribution < -0.4 is 0 Å². The van der Waals surface area contributed by atoms with Crippen LogP contribution in [0.1, 0.15) is 6.92 Å². The maximum absolute atomic E-state index is 10.3. The molecule has 0 bridgehead atoms. The molecule has 2 unspecified atom stereocenters. The van der Waals surface area contributed by atoms with Gasteiger partial charge >= 0.3 is 0 Å². The Balaban J connectivity index is 2.84. The zero-order valence-electron chi connectivity index (χ0n) is 5.82. The first-order valence-corrected chi connectivity index (χ1v) is 3.20. The fourth-order valence-corrected chi connectivity index (χ4v) is 0.923. The normalized spacial score (nSPS) is 38.0. The molecule has 0 aromatic carbocycles. The van der Waals surface area contributed by atoms with Gasteiger partial charge in [-0.1, -0.05) is 24.3 Å². The molecule has 0 aliphatic heterocycles. The minimum absolute atomic E-state index is 0.391. The lowest BCUT2D eigenvalue weighted by Gasteiger charge is -2.25. The molecule has 0 aromatic heterocycles. The minimum atomic E-state index is -0.990. The highest BCUT2D eigenvalue weighted by atomic mass is 16.3. The molecule has 1 N–H and O–H groups in total. The van der Waals surface area contributed by atoms with E-state index in [9.17, 15) is 9.90 Å². The van der Waals surface area contributed by atoms with Gasteiger partial charge in [0, 0.05) is 0 Å². The average molecular weight is 138 g/mol. The van der Waals surface area contributed by atoms with Crippen molar-refractivity contribution in [2.75, 3.05) is 0 Å². The summed E-state index contributed by atoms with van der Waals surface area (Å²) >= 11 is 0. The van der Waals surface area contributed by atoms with Crippen molar-refractivity contribution in [3.63, 3.8) is 0 Å². The molecule has 1 aliphatic carbocycles. The fourth-order valence-electron chi connectivity index (χ4n) is 0.923. The van der Waals surface area contributed by atoms with E-state index in [1.807, 2.05) is 0 Å². The maximum Gasteiger partial charge on any atom is 0.130 e. The molecule has 1 aliphatic rings. The molecule has 2 nitrogen and oxygen atoms in total. The first-order valence-electron chi connectivity index (χ1n) is 3.20. The van der Waals surface area contributed by atoms with Crippen molar-refractivity contribution in [3.05, 3.63) is 24.3 Å². The predicted octanol–water partition coefficient (Wildman–Crippen LogP) is 0.678. The molecule has 2 heteroatoms. The molecule has 54 valence electrons. The summed E-state index contributed by atoms with van der Waals surface area (Å²) < 4.78 is 0. The van der Waals surface area contributed by atoms with E-state index >= 15 is 0 Å². The van der Waals surface area contributed by atoms with E-state index in [0.717, 1.165) is 6.29 Å². The van der Waals surface area contributed by atoms with Crippen molar-refractivity contribution >= 4 is 6.29 Å². The van der Waals surface area contributed by atoms with Gasteiger partial charge in [0.25, 0.3) is 0 Å². The number of rotatable bonds is 1. The van der Waals surface area contributed by atoms with Crippen LogP contribution in [-0.2, 0) is 4.79 Å². The Labute approximate surface area is 59.9 Å². The quantitative estimate of drug-likeness (QED) is 0.541. The van der Waals surface area contributed by atoms with Crippen LogP contribution in [0.25, 0.3) is 0 Å². The number of carbonyl (C=O) groups is 1. The Hall–Kier alpha value is -0.890. The molecular formula is C8H10O2. The number of carbonyl (C=O) groups excluding carboxylic acids is 1. The smallest absolute Gasteiger partial charge is 0.130 e. The Kier molecular flexibility index (Phi) is 1.72. The van der Waals surface area contributed by atoms with Crippen LogP contribution in [0, 0.1) is 5.92 Å². The summed E-state index contributed by atoms with van der Waals surface area (Å²) in [5.74, 6) is -0.391. The number of hydrogen-bond acceptors (Lipinski definition) is 2. The van der Waals surface area contributed by atoms with Crippen molar-refractivity contribution in [1.29, 1.82) is 0 Å². The van der Waals surface area contributed by atoms with Crippen molar-refractivity contribution in [2.24, 2.45) is 5.92 Å². The molecule has 0 heterocycles. The minimum Gasteiger partial charge on any atom is -0.385 e. The standard InChI is InChI=1S/C8H10O2/c1-8(10)5-3-2-4-7(8)6-9/h2-7,10H,1H3. The summed E-state index contributed by atoms with van der Waals surface area (Å²) in [6.07, 6.45) is 7.55. The largest absolute Gasteiger partial charge is 0.385 e. The highest BCUT2D eigenvalue weighted by Crippen LogP contribution is 2.21. The monoisotopic (exact) mass is 138 g/mol. The number of aldehydes is 1. The van der Waals surface area contributed by atoms with Gasteiger partial charge in [-0.15, -0.1) is 0 Å². The molecule has 1 rings (SSSR count). The Morgan fingerprint density at radius 3 is 2.70 bits per heavy atom. The summed E-state index contributed by atoms with van der Waals surface area (Å²) in [7, 11) is 0. The summed E-state index contributed by atoms with van der Waals surface area (Å²) in [5.41, 5.74) is -0.990. The Morgan fingerprint density at radius 1 is 1.60 bits per heavy atom. The third kappa shape index (κ3) is 1.16. The first kappa shape index (κ1) is 7.22. The molecule has 0 aromatic rings. The van der Waals surface area contributed by atoms with Crippen molar-refractivity contribution in [2.45, 2.75) is 12.5 Å². The summed E-state index contributed by atoms with van der Waals surface area (Å²) in [6, 6.07) is 0. The molecule has 0 saturated heterocycles. The van der Waals surface area contributed by atoms with E-state index in [0.29, 0.717) is 0 Å². The average Bonchev–Trinajstić information content (AvgIpc) is 1.87. The Morgan fingerprint density at radius 2 is 2.30 bits per heavy atom. The lowest BCUT2D eigenvalue weighted by Crippen LogP contribution is -2.33. The zero-order chi connectivity index (χ0) is 7.61. The predicted molar refractivity (Wildman–Crippen MR) is 38.5 cm³/mol. The molecule has 0 saturated carbocycles. The van der Waals surface area contributed by atoms with E-state index in [1.54, 1.807) is 31.2 Å².